The molecule has 1 aromatic rings. The Hall–Kier alpha value is -1.42. The van der Waals surface area contributed by atoms with Crippen LogP contribution in [0.2, 0.25) is 0 Å². The monoisotopic (exact) mass is 371 g/mol. The molecule has 3 nitrogen and oxygen atoms in total. The van der Waals surface area contributed by atoms with Gasteiger partial charge in [0.1, 0.15) is 0 Å². The van der Waals surface area contributed by atoms with E-state index in [1.807, 2.05) is 18.2 Å². The maximum atomic E-state index is 13.1. The minimum absolute atomic E-state index is 0.0294. The second-order valence-electron chi connectivity index (χ2n) is 7.29. The second kappa shape index (κ2) is 4.56. The van der Waals surface area contributed by atoms with Crippen molar-refractivity contribution in [3.8, 4) is 0 Å². The van der Waals surface area contributed by atoms with Crippen molar-refractivity contribution in [1.29, 1.82) is 0 Å². The van der Waals surface area contributed by atoms with Crippen molar-refractivity contribution in [3.63, 3.8) is 0 Å². The van der Waals surface area contributed by atoms with Gasteiger partial charge in [-0.3, -0.25) is 9.59 Å². The summed E-state index contributed by atoms with van der Waals surface area (Å²) >= 11 is 3.48. The van der Waals surface area contributed by atoms with Gasteiger partial charge in [0.15, 0.2) is 0 Å². The summed E-state index contributed by atoms with van der Waals surface area (Å²) in [5.74, 6) is 1.71. The lowest BCUT2D eigenvalue weighted by Gasteiger charge is -2.37. The number of imide groups is 1. The number of hydrogen-bond acceptors (Lipinski definition) is 2. The summed E-state index contributed by atoms with van der Waals surface area (Å²) in [6.45, 7) is 2.06. The zero-order chi connectivity index (χ0) is 15.9. The van der Waals surface area contributed by atoms with Crippen LogP contribution in [0.4, 0.5) is 5.69 Å². The molecule has 1 aromatic carbocycles. The maximum absolute atomic E-state index is 13.1. The lowest BCUT2D eigenvalue weighted by atomic mass is 9.63. The first-order valence-electron chi connectivity index (χ1n) is 8.46. The zero-order valence-electron chi connectivity index (χ0n) is 12.9. The molecule has 6 rings (SSSR count). The molecule has 6 atom stereocenters. The van der Waals surface area contributed by atoms with Gasteiger partial charge >= 0.3 is 0 Å². The fourth-order valence-corrected chi connectivity index (χ4v) is 5.66. The van der Waals surface area contributed by atoms with Crippen LogP contribution in [0.25, 0.3) is 0 Å². The van der Waals surface area contributed by atoms with E-state index < -0.39 is 0 Å². The molecule has 0 aromatic heterocycles. The highest BCUT2D eigenvalue weighted by atomic mass is 79.9. The minimum atomic E-state index is -0.116. The average Bonchev–Trinajstić information content (AvgIpc) is 3.33. The fourth-order valence-electron chi connectivity index (χ4n) is 5.25. The molecule has 5 aliphatic rings. The van der Waals surface area contributed by atoms with Crippen LogP contribution in [0.5, 0.6) is 0 Å². The van der Waals surface area contributed by atoms with Gasteiger partial charge < -0.3 is 0 Å². The lowest BCUT2D eigenvalue weighted by Crippen LogP contribution is -2.40. The van der Waals surface area contributed by atoms with Crippen molar-refractivity contribution < 1.29 is 9.59 Å². The van der Waals surface area contributed by atoms with Gasteiger partial charge in [0.2, 0.25) is 11.8 Å². The third-order valence-electron chi connectivity index (χ3n) is 6.33. The Morgan fingerprint density at radius 1 is 1.09 bits per heavy atom. The predicted octanol–water partition coefficient (Wildman–Crippen LogP) is 3.57. The first-order valence-corrected chi connectivity index (χ1v) is 9.25. The molecule has 1 heterocycles. The molecule has 2 amide bonds. The van der Waals surface area contributed by atoms with E-state index in [1.165, 1.54) is 11.3 Å². The number of halogens is 1. The smallest absolute Gasteiger partial charge is 0.238 e. The van der Waals surface area contributed by atoms with Gasteiger partial charge in [0, 0.05) is 4.47 Å². The summed E-state index contributed by atoms with van der Waals surface area (Å²) in [7, 11) is 0. The minimum Gasteiger partial charge on any atom is -0.274 e. The quantitative estimate of drug-likeness (QED) is 0.588. The van der Waals surface area contributed by atoms with Gasteiger partial charge in [-0.25, -0.2) is 4.90 Å². The summed E-state index contributed by atoms with van der Waals surface area (Å²) < 4.78 is 0.984. The number of aryl methyl sites for hydroxylation is 1. The Balaban J connectivity index is 1.60. The van der Waals surface area contributed by atoms with E-state index in [2.05, 4.69) is 35.0 Å². The summed E-state index contributed by atoms with van der Waals surface area (Å²) in [4.78, 5) is 27.7. The van der Waals surface area contributed by atoms with Crippen LogP contribution in [0, 0.1) is 35.5 Å². The van der Waals surface area contributed by atoms with Crippen LogP contribution in [0.1, 0.15) is 18.9 Å². The molecule has 0 spiro atoms. The predicted molar refractivity (Wildman–Crippen MR) is 90.7 cm³/mol. The summed E-state index contributed by atoms with van der Waals surface area (Å²) in [6, 6.07) is 5.84. The molecule has 23 heavy (non-hydrogen) atoms. The standard InChI is InChI=1S/C19H18BrNO2/c1-2-9-7-10(20)3-6-15(9)21-18(22)16-11-4-5-12(14-8-13(11)14)17(16)19(21)23/h3-7,11-14,16-17H,2,8H2,1H3. The highest BCUT2D eigenvalue weighted by Crippen LogP contribution is 2.65. The lowest BCUT2D eigenvalue weighted by molar-refractivity contribution is -0.124. The summed E-state index contributed by atoms with van der Waals surface area (Å²) in [5.41, 5.74) is 1.83. The zero-order valence-corrected chi connectivity index (χ0v) is 14.5. The molecule has 118 valence electrons. The number of rotatable bonds is 2. The summed E-state index contributed by atoms with van der Waals surface area (Å²) in [5, 5.41) is 0. The van der Waals surface area contributed by atoms with Crippen LogP contribution < -0.4 is 4.90 Å². The highest BCUT2D eigenvalue weighted by Gasteiger charge is 2.67. The number of nitrogens with zero attached hydrogens (tertiary/aromatic N) is 1. The summed E-state index contributed by atoms with van der Waals surface area (Å²) in [6.07, 6.45) is 6.44. The maximum Gasteiger partial charge on any atom is 0.238 e. The van der Waals surface area contributed by atoms with Crippen molar-refractivity contribution >= 4 is 33.4 Å². The molecule has 0 radical (unpaired) electrons. The molecule has 3 fully saturated rings. The van der Waals surface area contributed by atoms with Crippen LogP contribution in [-0.4, -0.2) is 11.8 Å². The molecule has 4 heteroatoms. The molecule has 1 saturated heterocycles. The van der Waals surface area contributed by atoms with E-state index in [9.17, 15) is 9.59 Å². The van der Waals surface area contributed by atoms with E-state index in [1.54, 1.807) is 0 Å². The third kappa shape index (κ3) is 1.70. The molecular weight excluding hydrogens is 354 g/mol. The molecule has 4 aliphatic carbocycles. The van der Waals surface area contributed by atoms with E-state index >= 15 is 0 Å². The van der Waals surface area contributed by atoms with Crippen LogP contribution in [-0.2, 0) is 16.0 Å². The fraction of sp³-hybridized carbons (Fsp3) is 0.474. The van der Waals surface area contributed by atoms with Gasteiger partial charge in [-0.15, -0.1) is 0 Å². The number of carbonyl (C=O) groups is 2. The second-order valence-corrected chi connectivity index (χ2v) is 8.21. The number of amides is 2. The Bertz CT molecular complexity index is 735. The Morgan fingerprint density at radius 2 is 1.70 bits per heavy atom. The SMILES string of the molecule is CCc1cc(Br)ccc1N1C(=O)C2C3C=CC(C4CC34)C2C1=O. The average molecular weight is 372 g/mol. The number of carbonyl (C=O) groups excluding carboxylic acids is 2. The molecular formula is C19H18BrNO2. The third-order valence-corrected chi connectivity index (χ3v) is 6.82. The first kappa shape index (κ1) is 14.0. The molecule has 2 saturated carbocycles. The van der Waals surface area contributed by atoms with Gasteiger partial charge in [0.05, 0.1) is 17.5 Å². The van der Waals surface area contributed by atoms with Crippen molar-refractivity contribution in [2.75, 3.05) is 4.90 Å². The van der Waals surface area contributed by atoms with E-state index in [4.69, 9.17) is 0 Å². The molecule has 6 unspecified atom stereocenters. The first-order chi connectivity index (χ1) is 11.1. The topological polar surface area (TPSA) is 37.4 Å². The highest BCUT2D eigenvalue weighted by molar-refractivity contribution is 9.10. The number of anilines is 1. The van der Waals surface area contributed by atoms with Crippen molar-refractivity contribution in [2.45, 2.75) is 19.8 Å². The van der Waals surface area contributed by atoms with Gasteiger partial charge in [-0.2, -0.15) is 0 Å². The van der Waals surface area contributed by atoms with E-state index in [-0.39, 0.29) is 35.5 Å². The van der Waals surface area contributed by atoms with Crippen molar-refractivity contribution in [3.05, 3.63) is 40.4 Å². The normalized spacial score (nSPS) is 39.7. The van der Waals surface area contributed by atoms with Gasteiger partial charge in [-0.05, 0) is 60.3 Å². The Morgan fingerprint density at radius 3 is 2.26 bits per heavy atom. The number of benzene rings is 1. The van der Waals surface area contributed by atoms with Gasteiger partial charge in [-0.1, -0.05) is 35.0 Å². The largest absolute Gasteiger partial charge is 0.274 e. The Kier molecular flexibility index (Phi) is 2.77. The van der Waals surface area contributed by atoms with Crippen LogP contribution in [0.3, 0.4) is 0 Å². The number of allylic oxidation sites excluding steroid dienone is 2. The Labute approximate surface area is 143 Å². The van der Waals surface area contributed by atoms with Crippen LogP contribution >= 0.6 is 15.9 Å². The van der Waals surface area contributed by atoms with E-state index in [0.29, 0.717) is 11.8 Å². The van der Waals surface area contributed by atoms with Crippen molar-refractivity contribution in [1.82, 2.24) is 0 Å². The van der Waals surface area contributed by atoms with Crippen LogP contribution in [0.15, 0.2) is 34.8 Å². The molecule has 1 aliphatic heterocycles. The van der Waals surface area contributed by atoms with Crippen molar-refractivity contribution in [2.24, 2.45) is 35.5 Å². The number of hydrogen-bond donors (Lipinski definition) is 0. The molecule has 2 bridgehead atoms. The van der Waals surface area contributed by atoms with Gasteiger partial charge in [0.25, 0.3) is 0 Å². The molecule has 0 N–H and O–H groups in total. The van der Waals surface area contributed by atoms with E-state index in [0.717, 1.165) is 22.1 Å².